The lowest BCUT2D eigenvalue weighted by Crippen LogP contribution is -2.46. The molecule has 2 aliphatic rings. The summed E-state index contributed by atoms with van der Waals surface area (Å²) >= 11 is 0. The third-order valence-electron chi connectivity index (χ3n) is 5.14. The molecular weight excluding hydrogens is 342 g/mol. The zero-order valence-electron chi connectivity index (χ0n) is 14.3. The van der Waals surface area contributed by atoms with Crippen LogP contribution in [-0.2, 0) is 9.84 Å². The highest BCUT2D eigenvalue weighted by molar-refractivity contribution is 7.91. The first-order chi connectivity index (χ1) is 12.0. The molecule has 0 saturated carbocycles. The van der Waals surface area contributed by atoms with E-state index in [1.165, 1.54) is 37.1 Å². The number of nitrogens with zero attached hydrogens (tertiary/aromatic N) is 3. The van der Waals surface area contributed by atoms with E-state index in [4.69, 9.17) is 0 Å². The monoisotopic (exact) mass is 367 g/mol. The summed E-state index contributed by atoms with van der Waals surface area (Å²) in [5, 5.41) is 10.8. The average molecular weight is 367 g/mol. The number of sulfone groups is 1. The van der Waals surface area contributed by atoms with Gasteiger partial charge in [0.1, 0.15) is 0 Å². The van der Waals surface area contributed by atoms with E-state index in [2.05, 4.69) is 9.80 Å². The van der Waals surface area contributed by atoms with E-state index in [0.717, 1.165) is 45.6 Å². The summed E-state index contributed by atoms with van der Waals surface area (Å²) in [5.41, 5.74) is -0.0906. The fraction of sp³-hybridized carbons (Fsp3) is 0.647. The first-order valence-electron chi connectivity index (χ1n) is 8.89. The molecule has 2 aliphatic heterocycles. The lowest BCUT2D eigenvalue weighted by Gasteiger charge is -2.31. The Morgan fingerprint density at radius 1 is 1.00 bits per heavy atom. The average Bonchev–Trinajstić information content (AvgIpc) is 3.28. The summed E-state index contributed by atoms with van der Waals surface area (Å²) in [6.07, 6.45) is 4.60. The molecule has 0 bridgehead atoms. The van der Waals surface area contributed by atoms with E-state index >= 15 is 0 Å². The predicted molar refractivity (Wildman–Crippen MR) is 95.4 cm³/mol. The first-order valence-corrected chi connectivity index (χ1v) is 10.5. The van der Waals surface area contributed by atoms with Crippen LogP contribution in [0.2, 0.25) is 0 Å². The molecule has 2 fully saturated rings. The number of nitro benzene ring substituents is 1. The maximum Gasteiger partial charge on any atom is 0.269 e. The van der Waals surface area contributed by atoms with Gasteiger partial charge < -0.3 is 4.90 Å². The lowest BCUT2D eigenvalue weighted by atomic mass is 10.2. The third kappa shape index (κ3) is 4.56. The van der Waals surface area contributed by atoms with Crippen molar-refractivity contribution in [3.63, 3.8) is 0 Å². The fourth-order valence-corrected chi connectivity index (χ4v) is 5.33. The highest BCUT2D eigenvalue weighted by atomic mass is 32.2. The van der Waals surface area contributed by atoms with E-state index in [1.807, 2.05) is 0 Å². The zero-order chi connectivity index (χ0) is 17.9. The van der Waals surface area contributed by atoms with Gasteiger partial charge in [0.2, 0.25) is 0 Å². The largest absolute Gasteiger partial charge is 0.302 e. The molecule has 25 heavy (non-hydrogen) atoms. The van der Waals surface area contributed by atoms with Crippen LogP contribution in [0.15, 0.2) is 29.2 Å². The van der Waals surface area contributed by atoms with Gasteiger partial charge >= 0.3 is 0 Å². The molecule has 3 rings (SSSR count). The Bertz CT molecular complexity index is 693. The highest BCUT2D eigenvalue weighted by Crippen LogP contribution is 2.22. The number of nitro groups is 1. The number of rotatable bonds is 7. The van der Waals surface area contributed by atoms with Gasteiger partial charge in [-0.25, -0.2) is 8.42 Å². The topological polar surface area (TPSA) is 83.8 Å². The van der Waals surface area contributed by atoms with Gasteiger partial charge in [-0.15, -0.1) is 0 Å². The lowest BCUT2D eigenvalue weighted by molar-refractivity contribution is -0.384. The Morgan fingerprint density at radius 3 is 2.12 bits per heavy atom. The molecule has 0 spiro atoms. The maximum absolute atomic E-state index is 12.8. The third-order valence-corrected chi connectivity index (χ3v) is 6.96. The number of non-ortho nitro benzene ring substituents is 1. The standard InChI is InChI=1S/C17H25N3O4S/c21-20(22)15-5-7-17(8-6-15)25(23,24)14-16(19-11-3-4-12-19)13-18-9-1-2-10-18/h5-8,16H,1-4,9-14H2/t16-/m1/s1. The summed E-state index contributed by atoms with van der Waals surface area (Å²) in [5.74, 6) is 0.0707. The number of likely N-dealkylation sites (tertiary alicyclic amines) is 2. The van der Waals surface area contributed by atoms with E-state index in [1.54, 1.807) is 0 Å². The van der Waals surface area contributed by atoms with Gasteiger partial charge in [0, 0.05) is 24.7 Å². The summed E-state index contributed by atoms with van der Waals surface area (Å²) in [7, 11) is -3.47. The van der Waals surface area contributed by atoms with Gasteiger partial charge in [-0.3, -0.25) is 15.0 Å². The van der Waals surface area contributed by atoms with Crippen LogP contribution in [0, 0.1) is 10.1 Å². The van der Waals surface area contributed by atoms with Crippen LogP contribution in [0.1, 0.15) is 25.7 Å². The summed E-state index contributed by atoms with van der Waals surface area (Å²) in [6.45, 7) is 4.78. The second kappa shape index (κ2) is 7.80. The van der Waals surface area contributed by atoms with Crippen LogP contribution in [0.3, 0.4) is 0 Å². The van der Waals surface area contributed by atoms with Gasteiger partial charge in [0.15, 0.2) is 9.84 Å². The van der Waals surface area contributed by atoms with Crippen molar-refractivity contribution in [2.75, 3.05) is 38.5 Å². The fourth-order valence-electron chi connectivity index (χ4n) is 3.77. The molecule has 0 radical (unpaired) electrons. The van der Waals surface area contributed by atoms with Crippen molar-refractivity contribution < 1.29 is 13.3 Å². The number of benzene rings is 1. The van der Waals surface area contributed by atoms with Crippen molar-refractivity contribution >= 4 is 15.5 Å². The Hall–Kier alpha value is -1.51. The van der Waals surface area contributed by atoms with Gasteiger partial charge in [-0.05, 0) is 64.0 Å². The minimum atomic E-state index is -3.47. The zero-order valence-corrected chi connectivity index (χ0v) is 15.2. The summed E-state index contributed by atoms with van der Waals surface area (Å²) in [6, 6.07) is 5.21. The second-order valence-electron chi connectivity index (χ2n) is 6.94. The molecule has 0 N–H and O–H groups in total. The Balaban J connectivity index is 1.75. The maximum atomic E-state index is 12.8. The molecule has 0 unspecified atom stereocenters. The van der Waals surface area contributed by atoms with E-state index in [0.29, 0.717) is 0 Å². The number of hydrogen-bond donors (Lipinski definition) is 0. The van der Waals surface area contributed by atoms with Gasteiger partial charge in [-0.1, -0.05) is 0 Å². The van der Waals surface area contributed by atoms with Gasteiger partial charge in [0.25, 0.3) is 5.69 Å². The Morgan fingerprint density at radius 2 is 1.56 bits per heavy atom. The predicted octanol–water partition coefficient (Wildman–Crippen LogP) is 1.93. The SMILES string of the molecule is O=[N+]([O-])c1ccc(S(=O)(=O)C[C@@H](CN2CCCC2)N2CCCC2)cc1. The minimum Gasteiger partial charge on any atom is -0.302 e. The first kappa shape index (κ1) is 18.3. The van der Waals surface area contributed by atoms with Crippen molar-refractivity contribution in [3.8, 4) is 0 Å². The molecule has 1 aromatic rings. The van der Waals surface area contributed by atoms with Crippen molar-refractivity contribution in [1.29, 1.82) is 0 Å². The molecule has 138 valence electrons. The van der Waals surface area contributed by atoms with Crippen LogP contribution < -0.4 is 0 Å². The van der Waals surface area contributed by atoms with Gasteiger partial charge in [-0.2, -0.15) is 0 Å². The molecule has 1 atom stereocenters. The molecule has 0 amide bonds. The van der Waals surface area contributed by atoms with Crippen molar-refractivity contribution in [2.45, 2.75) is 36.6 Å². The molecule has 2 heterocycles. The molecule has 2 saturated heterocycles. The highest BCUT2D eigenvalue weighted by Gasteiger charge is 2.30. The summed E-state index contributed by atoms with van der Waals surface area (Å²) < 4.78 is 25.7. The van der Waals surface area contributed by atoms with Gasteiger partial charge in [0.05, 0.1) is 15.6 Å². The Labute approximate surface area is 148 Å². The molecule has 8 heteroatoms. The van der Waals surface area contributed by atoms with Crippen LogP contribution in [0.25, 0.3) is 0 Å². The molecule has 7 nitrogen and oxygen atoms in total. The number of hydrogen-bond acceptors (Lipinski definition) is 6. The Kier molecular flexibility index (Phi) is 5.71. The van der Waals surface area contributed by atoms with Crippen molar-refractivity contribution in [2.24, 2.45) is 0 Å². The second-order valence-corrected chi connectivity index (χ2v) is 8.97. The van der Waals surface area contributed by atoms with Crippen LogP contribution >= 0.6 is 0 Å². The van der Waals surface area contributed by atoms with Crippen molar-refractivity contribution in [3.05, 3.63) is 34.4 Å². The molecule has 0 aliphatic carbocycles. The van der Waals surface area contributed by atoms with Crippen molar-refractivity contribution in [1.82, 2.24) is 9.80 Å². The van der Waals surface area contributed by atoms with Crippen LogP contribution in [0.5, 0.6) is 0 Å². The minimum absolute atomic E-state index is 0.0132. The molecule has 0 aromatic heterocycles. The van der Waals surface area contributed by atoms with Crippen LogP contribution in [-0.4, -0.2) is 67.7 Å². The quantitative estimate of drug-likeness (QED) is 0.541. The molecular formula is C17H25N3O4S. The van der Waals surface area contributed by atoms with E-state index in [9.17, 15) is 18.5 Å². The van der Waals surface area contributed by atoms with E-state index < -0.39 is 14.8 Å². The summed E-state index contributed by atoms with van der Waals surface area (Å²) in [4.78, 5) is 15.1. The normalized spacial score (nSPS) is 20.8. The molecule has 1 aromatic carbocycles. The van der Waals surface area contributed by atoms with Crippen LogP contribution in [0.4, 0.5) is 5.69 Å². The van der Waals surface area contributed by atoms with E-state index in [-0.39, 0.29) is 22.4 Å². The smallest absolute Gasteiger partial charge is 0.269 e.